The quantitative estimate of drug-likeness (QED) is 0.774. The highest BCUT2D eigenvalue weighted by molar-refractivity contribution is 9.10. The molecule has 1 aliphatic carbocycles. The van der Waals surface area contributed by atoms with Crippen LogP contribution in [0.2, 0.25) is 0 Å². The fourth-order valence-electron chi connectivity index (χ4n) is 2.62. The fraction of sp³-hybridized carbons (Fsp3) is 0.389. The Bertz CT molecular complexity index is 676. The van der Waals surface area contributed by atoms with Crippen molar-refractivity contribution in [1.82, 2.24) is 4.90 Å². The van der Waals surface area contributed by atoms with Crippen molar-refractivity contribution < 1.29 is 4.79 Å². The van der Waals surface area contributed by atoms with E-state index in [2.05, 4.69) is 41.9 Å². The van der Waals surface area contributed by atoms with Gasteiger partial charge in [0.15, 0.2) is 0 Å². The number of hydrogen-bond acceptors (Lipinski definition) is 1. The molecule has 0 heterocycles. The largest absolute Gasteiger partial charge is 0.336 e. The zero-order chi connectivity index (χ0) is 15.0. The first-order valence-electron chi connectivity index (χ1n) is 7.55. The van der Waals surface area contributed by atoms with Crippen molar-refractivity contribution in [2.24, 2.45) is 5.92 Å². The summed E-state index contributed by atoms with van der Waals surface area (Å²) in [5, 5.41) is 2.26. The van der Waals surface area contributed by atoms with E-state index < -0.39 is 0 Å². The van der Waals surface area contributed by atoms with Crippen LogP contribution in [0.15, 0.2) is 40.9 Å². The molecule has 1 aliphatic rings. The normalized spacial score (nSPS) is 14.7. The third-order valence-electron chi connectivity index (χ3n) is 4.09. The number of halogens is 1. The van der Waals surface area contributed by atoms with Crippen LogP contribution in [0.4, 0.5) is 0 Å². The van der Waals surface area contributed by atoms with E-state index in [4.69, 9.17) is 0 Å². The van der Waals surface area contributed by atoms with E-state index in [1.165, 1.54) is 12.8 Å². The summed E-state index contributed by atoms with van der Waals surface area (Å²) in [6.07, 6.45) is 2.53. The number of rotatable bonds is 4. The van der Waals surface area contributed by atoms with Crippen LogP contribution >= 0.6 is 15.9 Å². The Labute approximate surface area is 134 Å². The van der Waals surface area contributed by atoms with Crippen molar-refractivity contribution in [1.29, 1.82) is 0 Å². The molecule has 3 rings (SSSR count). The van der Waals surface area contributed by atoms with Crippen LogP contribution in [0.25, 0.3) is 10.8 Å². The van der Waals surface area contributed by atoms with E-state index in [9.17, 15) is 4.79 Å². The van der Waals surface area contributed by atoms with Crippen LogP contribution in [-0.2, 0) is 0 Å². The van der Waals surface area contributed by atoms with Crippen LogP contribution in [0.5, 0.6) is 0 Å². The standard InChI is InChI=1S/C18H20BrNO/c1-12(2)20(11-13-3-4-13)18(21)16-6-5-15-10-17(19)8-7-14(15)9-16/h5-10,12-13H,3-4,11H2,1-2H3. The Balaban J connectivity index is 1.90. The van der Waals surface area contributed by atoms with Crippen LogP contribution in [0, 0.1) is 5.92 Å². The average Bonchev–Trinajstić information content (AvgIpc) is 3.27. The predicted octanol–water partition coefficient (Wildman–Crippen LogP) is 4.86. The SMILES string of the molecule is CC(C)N(CC1CC1)C(=O)c1ccc2cc(Br)ccc2c1. The topological polar surface area (TPSA) is 20.3 Å². The summed E-state index contributed by atoms with van der Waals surface area (Å²) in [7, 11) is 0. The summed E-state index contributed by atoms with van der Waals surface area (Å²) < 4.78 is 1.06. The zero-order valence-corrected chi connectivity index (χ0v) is 14.1. The first kappa shape index (κ1) is 14.6. The molecular formula is C18H20BrNO. The maximum absolute atomic E-state index is 12.8. The lowest BCUT2D eigenvalue weighted by Crippen LogP contribution is -2.38. The molecule has 2 aromatic rings. The Kier molecular flexibility index (Phi) is 4.03. The van der Waals surface area contributed by atoms with E-state index in [1.54, 1.807) is 0 Å². The van der Waals surface area contributed by atoms with Gasteiger partial charge in [-0.15, -0.1) is 0 Å². The lowest BCUT2D eigenvalue weighted by molar-refractivity contribution is 0.0696. The second-order valence-corrected chi connectivity index (χ2v) is 7.12. The van der Waals surface area contributed by atoms with Crippen molar-refractivity contribution in [2.75, 3.05) is 6.54 Å². The Hall–Kier alpha value is -1.35. The summed E-state index contributed by atoms with van der Waals surface area (Å²) in [4.78, 5) is 14.8. The molecule has 21 heavy (non-hydrogen) atoms. The number of nitrogens with zero attached hydrogens (tertiary/aromatic N) is 1. The number of fused-ring (bicyclic) bond motifs is 1. The second kappa shape index (κ2) is 5.80. The van der Waals surface area contributed by atoms with Crippen LogP contribution < -0.4 is 0 Å². The van der Waals surface area contributed by atoms with Crippen molar-refractivity contribution in [3.05, 3.63) is 46.4 Å². The molecule has 0 unspecified atom stereocenters. The highest BCUT2D eigenvalue weighted by Crippen LogP contribution is 2.31. The van der Waals surface area contributed by atoms with Gasteiger partial charge in [-0.1, -0.05) is 28.1 Å². The first-order chi connectivity index (χ1) is 10.0. The van der Waals surface area contributed by atoms with Crippen LogP contribution in [0.3, 0.4) is 0 Å². The lowest BCUT2D eigenvalue weighted by atomic mass is 10.1. The number of amides is 1. The molecule has 1 fully saturated rings. The molecule has 0 bridgehead atoms. The van der Waals surface area contributed by atoms with Gasteiger partial charge in [0.1, 0.15) is 0 Å². The molecule has 0 atom stereocenters. The third-order valence-corrected chi connectivity index (χ3v) is 4.58. The Morgan fingerprint density at radius 1 is 1.19 bits per heavy atom. The number of hydrogen-bond donors (Lipinski definition) is 0. The summed E-state index contributed by atoms with van der Waals surface area (Å²) in [6.45, 7) is 5.09. The van der Waals surface area contributed by atoms with Crippen LogP contribution in [-0.4, -0.2) is 23.4 Å². The van der Waals surface area contributed by atoms with E-state index in [0.29, 0.717) is 5.92 Å². The van der Waals surface area contributed by atoms with E-state index in [1.807, 2.05) is 29.2 Å². The summed E-state index contributed by atoms with van der Waals surface area (Å²) >= 11 is 3.48. The monoisotopic (exact) mass is 345 g/mol. The molecule has 0 aromatic heterocycles. The van der Waals surface area contributed by atoms with E-state index in [0.717, 1.165) is 27.4 Å². The minimum atomic E-state index is 0.154. The van der Waals surface area contributed by atoms with Gasteiger partial charge in [0.05, 0.1) is 0 Å². The molecule has 0 N–H and O–H groups in total. The molecule has 0 radical (unpaired) electrons. The van der Waals surface area contributed by atoms with Gasteiger partial charge in [-0.2, -0.15) is 0 Å². The number of carbonyl (C=O) groups excluding carboxylic acids is 1. The predicted molar refractivity (Wildman–Crippen MR) is 90.5 cm³/mol. The van der Waals surface area contributed by atoms with Gasteiger partial charge >= 0.3 is 0 Å². The van der Waals surface area contributed by atoms with Gasteiger partial charge in [0.2, 0.25) is 0 Å². The van der Waals surface area contributed by atoms with Gasteiger partial charge in [-0.3, -0.25) is 4.79 Å². The molecule has 0 saturated heterocycles. The molecule has 110 valence electrons. The molecule has 1 saturated carbocycles. The maximum Gasteiger partial charge on any atom is 0.254 e. The van der Waals surface area contributed by atoms with Crippen molar-refractivity contribution >= 4 is 32.6 Å². The van der Waals surface area contributed by atoms with Gasteiger partial charge in [0.25, 0.3) is 5.91 Å². The molecule has 2 nitrogen and oxygen atoms in total. The van der Waals surface area contributed by atoms with E-state index in [-0.39, 0.29) is 11.9 Å². The van der Waals surface area contributed by atoms with Crippen molar-refractivity contribution in [2.45, 2.75) is 32.7 Å². The highest BCUT2D eigenvalue weighted by Gasteiger charge is 2.28. The van der Waals surface area contributed by atoms with Gasteiger partial charge in [-0.05, 0) is 67.6 Å². The van der Waals surface area contributed by atoms with Crippen molar-refractivity contribution in [3.63, 3.8) is 0 Å². The molecule has 3 heteroatoms. The fourth-order valence-corrected chi connectivity index (χ4v) is 3.00. The van der Waals surface area contributed by atoms with Crippen molar-refractivity contribution in [3.8, 4) is 0 Å². The van der Waals surface area contributed by atoms with E-state index >= 15 is 0 Å². The molecule has 2 aromatic carbocycles. The summed E-state index contributed by atoms with van der Waals surface area (Å²) in [5.74, 6) is 0.870. The summed E-state index contributed by atoms with van der Waals surface area (Å²) in [6, 6.07) is 12.4. The zero-order valence-electron chi connectivity index (χ0n) is 12.5. The summed E-state index contributed by atoms with van der Waals surface area (Å²) in [5.41, 5.74) is 0.791. The number of carbonyl (C=O) groups is 1. The first-order valence-corrected chi connectivity index (χ1v) is 8.34. The Morgan fingerprint density at radius 2 is 1.86 bits per heavy atom. The van der Waals surface area contributed by atoms with Crippen LogP contribution in [0.1, 0.15) is 37.0 Å². The molecule has 0 aliphatic heterocycles. The number of benzene rings is 2. The highest BCUT2D eigenvalue weighted by atomic mass is 79.9. The average molecular weight is 346 g/mol. The van der Waals surface area contributed by atoms with Gasteiger partial charge in [-0.25, -0.2) is 0 Å². The second-order valence-electron chi connectivity index (χ2n) is 6.20. The smallest absolute Gasteiger partial charge is 0.254 e. The molecule has 1 amide bonds. The maximum atomic E-state index is 12.8. The lowest BCUT2D eigenvalue weighted by Gasteiger charge is -2.27. The Morgan fingerprint density at radius 3 is 2.52 bits per heavy atom. The minimum absolute atomic E-state index is 0.154. The third kappa shape index (κ3) is 3.29. The van der Waals surface area contributed by atoms with Gasteiger partial charge in [0, 0.05) is 22.6 Å². The molecular weight excluding hydrogens is 326 g/mol. The molecule has 0 spiro atoms. The minimum Gasteiger partial charge on any atom is -0.336 e. The van der Waals surface area contributed by atoms with Gasteiger partial charge < -0.3 is 4.90 Å².